The second-order valence-electron chi connectivity index (χ2n) is 32.5. The van der Waals surface area contributed by atoms with E-state index in [-0.39, 0.29) is 98.4 Å². The van der Waals surface area contributed by atoms with Crippen LogP contribution in [-0.4, -0.2) is 76.2 Å². The highest BCUT2D eigenvalue weighted by atomic mass is 35.5. The summed E-state index contributed by atoms with van der Waals surface area (Å²) in [5, 5.41) is 25.6. The number of fused-ring (bicyclic) bond motifs is 6. The Kier molecular flexibility index (Phi) is 26.0. The maximum atomic E-state index is 13.7. The number of esters is 2. The zero-order chi connectivity index (χ0) is 69.1. The number of nitrogens with two attached hydrogens (primary N) is 1. The standard InChI is InChI=1S/C27H33NO3.C26H31NO3.C16H22O2.C12H15NO2.4CH4.ClH/c1-25(2,3)19-13-21(20-11-12-26(4,5)22(20)14-19)23(29)28-27(24(30)31-6)15-17-9-7-8-10-18(17)16-27;1-24(2,3)18-12-20(19-10-11-25(4,5)21(19)13-18)22(28)27-26(23(29)30)14-16-8-6-7-9-17(16)15-26;1-15(2,3)10-8-12(14(17)18)11-6-7-16(4,5)13(11)9-10;1-2-15-11(14)12(13)7-9-5-3-4-6-10(9)8-12;;;;;/h7-10,13-14H,11-12,15-16H2,1-6H3,(H,28,29);6-9,12-13H,10-11,14-15H2,1-5H3,(H,27,28)(H,29,30);8-9H,6-7H2,1-5H3,(H,17,18);3-6H,2,7-8,13H2,1H3;4*1H4;1H. The number of carboxylic acids is 2. The fourth-order valence-electron chi connectivity index (χ4n) is 14.9. The summed E-state index contributed by atoms with van der Waals surface area (Å²) in [6.07, 6.45) is 8.36. The van der Waals surface area contributed by atoms with Crippen molar-refractivity contribution in [3.8, 4) is 0 Å². The topological polar surface area (TPSA) is 211 Å². The summed E-state index contributed by atoms with van der Waals surface area (Å²) >= 11 is 0. The van der Waals surface area contributed by atoms with Crippen molar-refractivity contribution in [3.05, 3.63) is 209 Å². The van der Waals surface area contributed by atoms with E-state index in [1.54, 1.807) is 6.92 Å². The van der Waals surface area contributed by atoms with Gasteiger partial charge in [0.1, 0.15) is 16.6 Å². The van der Waals surface area contributed by atoms with Crippen LogP contribution in [0.2, 0.25) is 0 Å². The maximum absolute atomic E-state index is 13.7. The molecule has 14 heteroatoms. The third kappa shape index (κ3) is 17.2. The summed E-state index contributed by atoms with van der Waals surface area (Å²) in [6.45, 7) is 34.8. The number of amides is 2. The summed E-state index contributed by atoms with van der Waals surface area (Å²) in [4.78, 5) is 75.6. The van der Waals surface area contributed by atoms with Gasteiger partial charge in [0.25, 0.3) is 11.8 Å². The number of ether oxygens (including phenoxy) is 2. The molecule has 2 amide bonds. The number of hydrogen-bond donors (Lipinski definition) is 5. The van der Waals surface area contributed by atoms with Crippen molar-refractivity contribution in [2.75, 3.05) is 13.7 Å². The van der Waals surface area contributed by atoms with Crippen molar-refractivity contribution in [1.82, 2.24) is 10.6 Å². The number of carbonyl (C=O) groups excluding carboxylic acids is 4. The first kappa shape index (κ1) is 83.8. The lowest BCUT2D eigenvalue weighted by atomic mass is 9.79. The number of carboxylic acid groups (broad SMARTS) is 2. The molecular formula is C85H118ClN3O10. The van der Waals surface area contributed by atoms with Gasteiger partial charge in [-0.1, -0.05) is 225 Å². The summed E-state index contributed by atoms with van der Waals surface area (Å²) in [5.41, 5.74) is 21.5. The molecule has 0 saturated heterocycles. The van der Waals surface area contributed by atoms with E-state index in [1.807, 2.05) is 91.0 Å². The minimum absolute atomic E-state index is 0. The maximum Gasteiger partial charge on any atom is 0.335 e. The molecule has 0 spiro atoms. The van der Waals surface area contributed by atoms with Gasteiger partial charge in [0.05, 0.1) is 19.3 Å². The monoisotopic (exact) mass is 1380 g/mol. The van der Waals surface area contributed by atoms with E-state index in [4.69, 9.17) is 15.2 Å². The van der Waals surface area contributed by atoms with Crippen molar-refractivity contribution < 1.29 is 48.5 Å². The zero-order valence-corrected chi connectivity index (χ0v) is 60.0. The molecule has 6 N–H and O–H groups in total. The molecule has 6 aliphatic rings. The first-order chi connectivity index (χ1) is 43.7. The predicted molar refractivity (Wildman–Crippen MR) is 406 cm³/mol. The Hall–Kier alpha value is -7.61. The summed E-state index contributed by atoms with van der Waals surface area (Å²) in [5.74, 6) is -2.91. The molecule has 0 aromatic heterocycles. The van der Waals surface area contributed by atoms with Crippen LogP contribution in [0.1, 0.15) is 274 Å². The number of halogens is 1. The Labute approximate surface area is 599 Å². The molecule has 0 atom stereocenters. The van der Waals surface area contributed by atoms with Crippen molar-refractivity contribution in [3.63, 3.8) is 0 Å². The number of aliphatic carboxylic acids is 1. The minimum Gasteiger partial charge on any atom is -0.479 e. The quantitative estimate of drug-likeness (QED) is 0.0860. The smallest absolute Gasteiger partial charge is 0.335 e. The summed E-state index contributed by atoms with van der Waals surface area (Å²) in [6, 6.07) is 36.3. The molecule has 540 valence electrons. The lowest BCUT2D eigenvalue weighted by Crippen LogP contribution is -2.56. The largest absolute Gasteiger partial charge is 0.479 e. The molecule has 13 nitrogen and oxygen atoms in total. The van der Waals surface area contributed by atoms with Crippen molar-refractivity contribution >= 4 is 48.1 Å². The van der Waals surface area contributed by atoms with E-state index >= 15 is 0 Å². The van der Waals surface area contributed by atoms with Gasteiger partial charge in [-0.3, -0.25) is 14.4 Å². The first-order valence-corrected chi connectivity index (χ1v) is 33.6. The van der Waals surface area contributed by atoms with Gasteiger partial charge in [0, 0.05) is 49.7 Å². The van der Waals surface area contributed by atoms with E-state index in [9.17, 15) is 39.0 Å². The van der Waals surface area contributed by atoms with Gasteiger partial charge in [-0.05, 0) is 180 Å². The third-order valence-corrected chi connectivity index (χ3v) is 21.0. The van der Waals surface area contributed by atoms with Crippen LogP contribution in [0.4, 0.5) is 0 Å². The third-order valence-electron chi connectivity index (χ3n) is 21.0. The van der Waals surface area contributed by atoms with Crippen LogP contribution in [0.15, 0.2) is 109 Å². The number of hydrogen-bond acceptors (Lipinski definition) is 9. The number of benzene rings is 6. The Balaban J connectivity index is 0.000000286. The van der Waals surface area contributed by atoms with Crippen molar-refractivity contribution in [2.24, 2.45) is 5.73 Å². The summed E-state index contributed by atoms with van der Waals surface area (Å²) in [7, 11) is 1.39. The van der Waals surface area contributed by atoms with Crippen LogP contribution in [0.3, 0.4) is 0 Å². The molecule has 0 bridgehead atoms. The number of aromatic carboxylic acids is 1. The second-order valence-corrected chi connectivity index (χ2v) is 32.5. The van der Waals surface area contributed by atoms with Gasteiger partial charge in [-0.2, -0.15) is 0 Å². The van der Waals surface area contributed by atoms with Crippen molar-refractivity contribution in [1.29, 1.82) is 0 Å². The van der Waals surface area contributed by atoms with E-state index in [0.29, 0.717) is 61.8 Å². The fourth-order valence-corrected chi connectivity index (χ4v) is 14.9. The van der Waals surface area contributed by atoms with Gasteiger partial charge >= 0.3 is 23.9 Å². The van der Waals surface area contributed by atoms with E-state index in [1.165, 1.54) is 23.8 Å². The molecule has 12 rings (SSSR count). The highest BCUT2D eigenvalue weighted by molar-refractivity contribution is 6.02. The normalized spacial score (nSPS) is 17.2. The van der Waals surface area contributed by atoms with Gasteiger partial charge in [0.15, 0.2) is 0 Å². The predicted octanol–water partition coefficient (Wildman–Crippen LogP) is 17.1. The lowest BCUT2D eigenvalue weighted by molar-refractivity contribution is -0.149. The van der Waals surface area contributed by atoms with Gasteiger partial charge < -0.3 is 36.1 Å². The van der Waals surface area contributed by atoms with Gasteiger partial charge in [-0.25, -0.2) is 14.4 Å². The highest BCUT2D eigenvalue weighted by Crippen LogP contribution is 2.46. The Morgan fingerprint density at radius 1 is 0.455 bits per heavy atom. The lowest BCUT2D eigenvalue weighted by Gasteiger charge is -2.29. The highest BCUT2D eigenvalue weighted by Gasteiger charge is 2.49. The van der Waals surface area contributed by atoms with Gasteiger partial charge in [-0.15, -0.1) is 12.4 Å². The average molecular weight is 1380 g/mol. The molecule has 0 radical (unpaired) electrons. The van der Waals surface area contributed by atoms with Gasteiger partial charge in [0.2, 0.25) is 0 Å². The van der Waals surface area contributed by atoms with Crippen LogP contribution in [0.5, 0.6) is 0 Å². The Morgan fingerprint density at radius 2 is 0.737 bits per heavy atom. The van der Waals surface area contributed by atoms with E-state index < -0.39 is 28.6 Å². The van der Waals surface area contributed by atoms with Crippen LogP contribution in [0.25, 0.3) is 0 Å². The van der Waals surface area contributed by atoms with Crippen LogP contribution >= 0.6 is 12.4 Å². The molecule has 6 aliphatic carbocycles. The first-order valence-electron chi connectivity index (χ1n) is 33.6. The van der Waals surface area contributed by atoms with E-state index in [2.05, 4.69) is 133 Å². The number of rotatable bonds is 9. The zero-order valence-electron chi connectivity index (χ0n) is 59.2. The molecule has 0 fully saturated rings. The summed E-state index contributed by atoms with van der Waals surface area (Å²) < 4.78 is 10.2. The van der Waals surface area contributed by atoms with Crippen LogP contribution < -0.4 is 16.4 Å². The number of carbonyl (C=O) groups is 6. The molecular weight excluding hydrogens is 1260 g/mol. The molecule has 6 aromatic carbocycles. The minimum atomic E-state index is -1.29. The molecule has 6 aromatic rings. The molecule has 0 aliphatic heterocycles. The second kappa shape index (κ2) is 30.7. The average Bonchev–Trinajstić information content (AvgIpc) is 1.66. The fraction of sp³-hybridized carbons (Fsp3) is 0.506. The van der Waals surface area contributed by atoms with E-state index in [0.717, 1.165) is 105 Å². The Bertz CT molecular complexity index is 3910. The molecule has 0 saturated carbocycles. The van der Waals surface area contributed by atoms with Crippen LogP contribution in [-0.2, 0) is 114 Å². The molecule has 0 heterocycles. The van der Waals surface area contributed by atoms with Crippen molar-refractivity contribution in [2.45, 2.75) is 267 Å². The van der Waals surface area contributed by atoms with Crippen LogP contribution in [0, 0.1) is 0 Å². The number of nitrogens with one attached hydrogen (secondary N) is 2. The molecule has 99 heavy (non-hydrogen) atoms. The SMILES string of the molecule is C.C.C.C.CC(C)(C)c1cc(C(=O)NC2(C(=O)O)Cc3ccccc3C2)c2c(c1)C(C)(C)CC2.CC(C)(C)c1cc(C(=O)O)c2c(c1)C(C)(C)CC2.CCOC(=O)C1(N)Cc2ccccc2C1.COC(=O)C1(NC(=O)c2cc(C(C)(C)C)cc3c2CCC3(C)C)Cc2ccccc2C1.Cl. The molecule has 0 unspecified atom stereocenters. The number of methoxy groups -OCH3 is 1. The Morgan fingerprint density at radius 3 is 1.02 bits per heavy atom.